The molecule has 0 bridgehead atoms. The number of aromatic nitrogens is 1. The average Bonchev–Trinajstić information content (AvgIpc) is 2.46. The lowest BCUT2D eigenvalue weighted by atomic mass is 10.1. The van der Waals surface area contributed by atoms with Gasteiger partial charge in [0.15, 0.2) is 0 Å². The highest BCUT2D eigenvalue weighted by atomic mass is 16.5. The second kappa shape index (κ2) is 4.63. The number of esters is 1. The molecule has 0 aliphatic carbocycles. The first kappa shape index (κ1) is 11.3. The number of carboxylic acid groups (broad SMARTS) is 1. The zero-order valence-corrected chi connectivity index (χ0v) is 8.66. The SMILES string of the molecule is CCOC(=O)c1c(CC(=O)O)c[nH]c1C. The molecule has 5 heteroatoms. The van der Waals surface area contributed by atoms with Crippen LogP contribution in [0, 0.1) is 6.92 Å². The van der Waals surface area contributed by atoms with Crippen LogP contribution in [0.4, 0.5) is 0 Å². The Bertz CT molecular complexity index is 381. The maximum atomic E-state index is 11.5. The number of aliphatic carboxylic acids is 1. The number of ether oxygens (including phenoxy) is 1. The van der Waals surface area contributed by atoms with E-state index >= 15 is 0 Å². The van der Waals surface area contributed by atoms with E-state index < -0.39 is 11.9 Å². The molecule has 0 aliphatic heterocycles. The Hall–Kier alpha value is -1.78. The molecule has 0 radical (unpaired) electrons. The van der Waals surface area contributed by atoms with Crippen LogP contribution in [0.2, 0.25) is 0 Å². The third-order valence-electron chi connectivity index (χ3n) is 1.98. The van der Waals surface area contributed by atoms with Gasteiger partial charge in [0, 0.05) is 11.9 Å². The normalized spacial score (nSPS) is 10.0. The van der Waals surface area contributed by atoms with Gasteiger partial charge < -0.3 is 14.8 Å². The summed E-state index contributed by atoms with van der Waals surface area (Å²) in [6, 6.07) is 0. The number of hydrogen-bond acceptors (Lipinski definition) is 3. The fourth-order valence-electron chi connectivity index (χ4n) is 1.37. The van der Waals surface area contributed by atoms with Gasteiger partial charge in [0.25, 0.3) is 0 Å². The van der Waals surface area contributed by atoms with E-state index in [1.807, 2.05) is 0 Å². The van der Waals surface area contributed by atoms with Gasteiger partial charge in [-0.15, -0.1) is 0 Å². The van der Waals surface area contributed by atoms with E-state index in [0.29, 0.717) is 16.8 Å². The number of aryl methyl sites for hydroxylation is 1. The van der Waals surface area contributed by atoms with Crippen molar-refractivity contribution in [2.75, 3.05) is 6.61 Å². The van der Waals surface area contributed by atoms with E-state index in [1.165, 1.54) is 6.20 Å². The molecule has 0 aromatic carbocycles. The molecular weight excluding hydrogens is 198 g/mol. The first-order chi connectivity index (χ1) is 7.06. The third kappa shape index (κ3) is 2.59. The van der Waals surface area contributed by atoms with E-state index in [2.05, 4.69) is 4.98 Å². The van der Waals surface area contributed by atoms with E-state index in [0.717, 1.165) is 0 Å². The van der Waals surface area contributed by atoms with Gasteiger partial charge in [0.2, 0.25) is 0 Å². The number of nitrogens with one attached hydrogen (secondary N) is 1. The van der Waals surface area contributed by atoms with Crippen molar-refractivity contribution in [3.8, 4) is 0 Å². The standard InChI is InChI=1S/C10H13NO4/c1-3-15-10(14)9-6(2)11-5-7(9)4-8(12)13/h5,11H,3-4H2,1-2H3,(H,12,13). The Morgan fingerprint density at radius 1 is 1.53 bits per heavy atom. The fourth-order valence-corrected chi connectivity index (χ4v) is 1.37. The summed E-state index contributed by atoms with van der Waals surface area (Å²) >= 11 is 0. The minimum Gasteiger partial charge on any atom is -0.481 e. The van der Waals surface area contributed by atoms with Crippen molar-refractivity contribution in [3.05, 3.63) is 23.0 Å². The van der Waals surface area contributed by atoms with E-state index in [1.54, 1.807) is 13.8 Å². The molecule has 0 spiro atoms. The molecule has 82 valence electrons. The highest BCUT2D eigenvalue weighted by Crippen LogP contribution is 2.15. The number of hydrogen-bond donors (Lipinski definition) is 2. The number of aromatic amines is 1. The second-order valence-electron chi connectivity index (χ2n) is 3.10. The van der Waals surface area contributed by atoms with E-state index in [-0.39, 0.29) is 13.0 Å². The Morgan fingerprint density at radius 3 is 2.73 bits per heavy atom. The zero-order valence-electron chi connectivity index (χ0n) is 8.66. The first-order valence-corrected chi connectivity index (χ1v) is 4.62. The van der Waals surface area contributed by atoms with Gasteiger partial charge in [-0.1, -0.05) is 0 Å². The predicted molar refractivity (Wildman–Crippen MR) is 52.8 cm³/mol. The van der Waals surface area contributed by atoms with Crippen LogP contribution in [0.5, 0.6) is 0 Å². The van der Waals surface area contributed by atoms with Gasteiger partial charge in [-0.3, -0.25) is 4.79 Å². The lowest BCUT2D eigenvalue weighted by Crippen LogP contribution is -2.10. The second-order valence-corrected chi connectivity index (χ2v) is 3.10. The topological polar surface area (TPSA) is 79.4 Å². The number of carboxylic acids is 1. The van der Waals surface area contributed by atoms with Crippen molar-refractivity contribution in [1.29, 1.82) is 0 Å². The monoisotopic (exact) mass is 211 g/mol. The molecule has 5 nitrogen and oxygen atoms in total. The molecule has 0 saturated carbocycles. The summed E-state index contributed by atoms with van der Waals surface area (Å²) in [5.41, 5.74) is 1.42. The molecule has 1 aromatic rings. The van der Waals surface area contributed by atoms with Gasteiger partial charge in [-0.25, -0.2) is 4.79 Å². The molecular formula is C10H13NO4. The van der Waals surface area contributed by atoms with Gasteiger partial charge in [-0.05, 0) is 19.4 Å². The number of carbonyl (C=O) groups excluding carboxylic acids is 1. The van der Waals surface area contributed by atoms with Crippen LogP contribution in [0.1, 0.15) is 28.5 Å². The Labute approximate surface area is 87.1 Å². The number of H-pyrrole nitrogens is 1. The van der Waals surface area contributed by atoms with E-state index in [9.17, 15) is 9.59 Å². The molecule has 0 unspecified atom stereocenters. The van der Waals surface area contributed by atoms with Crippen LogP contribution < -0.4 is 0 Å². The Morgan fingerprint density at radius 2 is 2.20 bits per heavy atom. The molecule has 1 rings (SSSR count). The van der Waals surface area contributed by atoms with Crippen LogP contribution in [-0.4, -0.2) is 28.6 Å². The summed E-state index contributed by atoms with van der Waals surface area (Å²) in [5, 5.41) is 8.65. The summed E-state index contributed by atoms with van der Waals surface area (Å²) in [4.78, 5) is 24.9. The highest BCUT2D eigenvalue weighted by Gasteiger charge is 2.18. The molecule has 0 aliphatic rings. The van der Waals surface area contributed by atoms with Gasteiger partial charge >= 0.3 is 11.9 Å². The van der Waals surface area contributed by atoms with Gasteiger partial charge in [0.1, 0.15) is 0 Å². The first-order valence-electron chi connectivity index (χ1n) is 4.62. The molecule has 2 N–H and O–H groups in total. The lowest BCUT2D eigenvalue weighted by Gasteiger charge is -2.03. The molecule has 1 heterocycles. The molecule has 0 fully saturated rings. The quantitative estimate of drug-likeness (QED) is 0.731. The third-order valence-corrected chi connectivity index (χ3v) is 1.98. The van der Waals surface area contributed by atoms with Crippen molar-refractivity contribution in [3.63, 3.8) is 0 Å². The van der Waals surface area contributed by atoms with Crippen LogP contribution in [0.25, 0.3) is 0 Å². The van der Waals surface area contributed by atoms with Crippen LogP contribution >= 0.6 is 0 Å². The minimum atomic E-state index is -0.973. The minimum absolute atomic E-state index is 0.182. The molecule has 0 saturated heterocycles. The predicted octanol–water partition coefficient (Wildman–Crippen LogP) is 1.13. The number of rotatable bonds is 4. The maximum absolute atomic E-state index is 11.5. The van der Waals surface area contributed by atoms with Crippen LogP contribution in [0.15, 0.2) is 6.20 Å². The van der Waals surface area contributed by atoms with Gasteiger partial charge in [-0.2, -0.15) is 0 Å². The lowest BCUT2D eigenvalue weighted by molar-refractivity contribution is -0.136. The van der Waals surface area contributed by atoms with Crippen molar-refractivity contribution in [2.24, 2.45) is 0 Å². The summed E-state index contributed by atoms with van der Waals surface area (Å²) in [5.74, 6) is -1.45. The van der Waals surface area contributed by atoms with Crippen molar-refractivity contribution in [1.82, 2.24) is 4.98 Å². The van der Waals surface area contributed by atoms with Crippen LogP contribution in [0.3, 0.4) is 0 Å². The fraction of sp³-hybridized carbons (Fsp3) is 0.400. The Kier molecular flexibility index (Phi) is 3.49. The largest absolute Gasteiger partial charge is 0.481 e. The molecule has 0 amide bonds. The summed E-state index contributed by atoms with van der Waals surface area (Å²) in [6.45, 7) is 3.68. The summed E-state index contributed by atoms with van der Waals surface area (Å²) in [7, 11) is 0. The van der Waals surface area contributed by atoms with Crippen molar-refractivity contribution in [2.45, 2.75) is 20.3 Å². The zero-order chi connectivity index (χ0) is 11.4. The number of carbonyl (C=O) groups is 2. The average molecular weight is 211 g/mol. The molecule has 0 atom stereocenters. The maximum Gasteiger partial charge on any atom is 0.340 e. The molecule has 1 aromatic heterocycles. The molecule has 15 heavy (non-hydrogen) atoms. The smallest absolute Gasteiger partial charge is 0.340 e. The van der Waals surface area contributed by atoms with Crippen molar-refractivity contribution < 1.29 is 19.4 Å². The summed E-state index contributed by atoms with van der Waals surface area (Å²) in [6.07, 6.45) is 1.34. The van der Waals surface area contributed by atoms with Gasteiger partial charge in [0.05, 0.1) is 18.6 Å². The van der Waals surface area contributed by atoms with E-state index in [4.69, 9.17) is 9.84 Å². The summed E-state index contributed by atoms with van der Waals surface area (Å²) < 4.78 is 4.84. The Balaban J connectivity index is 2.98. The highest BCUT2D eigenvalue weighted by molar-refractivity contribution is 5.93. The van der Waals surface area contributed by atoms with Crippen molar-refractivity contribution >= 4 is 11.9 Å². The van der Waals surface area contributed by atoms with Crippen LogP contribution in [-0.2, 0) is 16.0 Å².